The van der Waals surface area contributed by atoms with Crippen molar-refractivity contribution in [1.29, 1.82) is 0 Å². The van der Waals surface area contributed by atoms with Crippen molar-refractivity contribution < 1.29 is 24.0 Å². The van der Waals surface area contributed by atoms with Crippen molar-refractivity contribution in [3.63, 3.8) is 0 Å². The van der Waals surface area contributed by atoms with Crippen molar-refractivity contribution in [2.24, 2.45) is 40.9 Å². The molecule has 0 N–H and O–H groups in total. The van der Waals surface area contributed by atoms with E-state index in [1.54, 1.807) is 0 Å². The molecule has 22 heavy (non-hydrogen) atoms. The van der Waals surface area contributed by atoms with E-state index in [0.29, 0.717) is 48.7 Å². The molecule has 0 aromatic carbocycles. The third-order valence-electron chi connectivity index (χ3n) is 7.36. The van der Waals surface area contributed by atoms with Crippen LogP contribution in [0.3, 0.4) is 0 Å². The van der Waals surface area contributed by atoms with Gasteiger partial charge in [0.1, 0.15) is 5.60 Å². The molecule has 1 saturated heterocycles. The maximum atomic E-state index is 12.7. The fraction of sp³-hybridized carbons (Fsp3) is 0.938. The Bertz CT molecular complexity index is 599. The highest BCUT2D eigenvalue weighted by Gasteiger charge is 3.11. The maximum Gasteiger partial charge on any atom is 0.349 e. The number of alkyl halides is 1. The number of hydrogen-bond donors (Lipinski definition) is 0. The summed E-state index contributed by atoms with van der Waals surface area (Å²) in [5, 5.41) is 0. The van der Waals surface area contributed by atoms with Gasteiger partial charge >= 0.3 is 5.97 Å². The first-order valence-corrected chi connectivity index (χ1v) is 8.98. The van der Waals surface area contributed by atoms with Gasteiger partial charge in [-0.25, -0.2) is 4.79 Å². The molecule has 1 heterocycles. The minimum Gasteiger partial charge on any atom is -0.346 e. The van der Waals surface area contributed by atoms with Crippen molar-refractivity contribution in [2.75, 3.05) is 13.2 Å². The van der Waals surface area contributed by atoms with Crippen molar-refractivity contribution in [2.45, 2.75) is 36.5 Å². The Morgan fingerprint density at radius 3 is 2.14 bits per heavy atom. The average Bonchev–Trinajstić information content (AvgIpc) is 2.95. The molecule has 1 spiro atoms. The fourth-order valence-electron chi connectivity index (χ4n) is 7.26. The van der Waals surface area contributed by atoms with Crippen LogP contribution in [0.5, 0.6) is 0 Å². The van der Waals surface area contributed by atoms with E-state index in [4.69, 9.17) is 19.2 Å². The van der Waals surface area contributed by atoms with Crippen LogP contribution >= 0.6 is 15.9 Å². The first kappa shape index (κ1) is 13.2. The minimum absolute atomic E-state index is 0.0475. The van der Waals surface area contributed by atoms with Gasteiger partial charge in [0.2, 0.25) is 0 Å². The molecule has 7 fully saturated rings. The van der Waals surface area contributed by atoms with Gasteiger partial charge in [-0.1, -0.05) is 15.9 Å². The first-order valence-electron chi connectivity index (χ1n) is 8.19. The summed E-state index contributed by atoms with van der Waals surface area (Å²) in [4.78, 5) is 23.2. The lowest BCUT2D eigenvalue weighted by molar-refractivity contribution is -0.440. The highest BCUT2D eigenvalue weighted by molar-refractivity contribution is 9.10. The summed E-state index contributed by atoms with van der Waals surface area (Å²) in [5.74, 6) is 1.88. The van der Waals surface area contributed by atoms with Crippen LogP contribution in [0, 0.1) is 40.9 Å². The number of hydrogen-bond acceptors (Lipinski definition) is 5. The van der Waals surface area contributed by atoms with Gasteiger partial charge in [-0.3, -0.25) is 4.89 Å². The Morgan fingerprint density at radius 2 is 1.59 bits per heavy atom. The quantitative estimate of drug-likeness (QED) is 0.422. The molecule has 0 amide bonds. The molecule has 120 valence electrons. The summed E-state index contributed by atoms with van der Waals surface area (Å²) >= 11 is 3.98. The SMILES string of the molecule is CC(C)(C)OOC(=O)C12C3[C@@H]4[C@H]1C1[C@@H]2[C@H]3C4(Br)C12OCCO2. The molecule has 4 unspecified atom stereocenters. The highest BCUT2D eigenvalue weighted by atomic mass is 79.9. The summed E-state index contributed by atoms with van der Waals surface area (Å²) in [5.41, 5.74) is -0.763. The topological polar surface area (TPSA) is 54.0 Å². The number of halogens is 1. The molecule has 5 nitrogen and oxygen atoms in total. The van der Waals surface area contributed by atoms with Gasteiger partial charge in [-0.15, -0.1) is 0 Å². The Kier molecular flexibility index (Phi) is 1.90. The van der Waals surface area contributed by atoms with Crippen LogP contribution in [0.1, 0.15) is 20.8 Å². The van der Waals surface area contributed by atoms with Crippen LogP contribution in [0.25, 0.3) is 0 Å². The number of carbonyl (C=O) groups is 1. The molecule has 6 aliphatic carbocycles. The summed E-state index contributed by atoms with van der Waals surface area (Å²) < 4.78 is 12.1. The number of carbonyl (C=O) groups excluding carboxylic acids is 1. The molecule has 8 atom stereocenters. The van der Waals surface area contributed by atoms with Gasteiger partial charge in [-0.2, -0.15) is 4.89 Å². The Hall–Kier alpha value is -0.170. The van der Waals surface area contributed by atoms with E-state index in [0.717, 1.165) is 0 Å². The summed E-state index contributed by atoms with van der Waals surface area (Å²) in [6.07, 6.45) is 0. The molecule has 0 radical (unpaired) electrons. The van der Waals surface area contributed by atoms with E-state index in [1.165, 1.54) is 0 Å². The number of rotatable bonds is 2. The molecule has 7 aliphatic rings. The fourth-order valence-corrected chi connectivity index (χ4v) is 8.89. The molecule has 7 rings (SSSR count). The van der Waals surface area contributed by atoms with Crippen molar-refractivity contribution in [1.82, 2.24) is 0 Å². The van der Waals surface area contributed by atoms with Gasteiger partial charge in [0, 0.05) is 5.92 Å². The van der Waals surface area contributed by atoms with Gasteiger partial charge in [0.05, 0.1) is 23.0 Å². The third kappa shape index (κ3) is 0.871. The Labute approximate surface area is 137 Å². The van der Waals surface area contributed by atoms with E-state index in [-0.39, 0.29) is 15.7 Å². The normalized spacial score (nSPS) is 60.2. The van der Waals surface area contributed by atoms with Crippen LogP contribution in [-0.2, 0) is 24.0 Å². The predicted molar refractivity (Wildman–Crippen MR) is 76.6 cm³/mol. The maximum absolute atomic E-state index is 12.7. The van der Waals surface area contributed by atoms with Crippen LogP contribution in [0.4, 0.5) is 0 Å². The molecule has 6 heteroatoms. The monoisotopic (exact) mass is 370 g/mol. The Balaban J connectivity index is 1.32. The second-order valence-electron chi connectivity index (χ2n) is 8.79. The zero-order chi connectivity index (χ0) is 15.3. The van der Waals surface area contributed by atoms with Gasteiger partial charge in [-0.05, 0) is 50.4 Å². The smallest absolute Gasteiger partial charge is 0.346 e. The van der Waals surface area contributed by atoms with E-state index < -0.39 is 11.4 Å². The van der Waals surface area contributed by atoms with Crippen molar-refractivity contribution >= 4 is 21.9 Å². The summed E-state index contributed by atoms with van der Waals surface area (Å²) in [6, 6.07) is 0. The highest BCUT2D eigenvalue weighted by Crippen LogP contribution is 3.04. The van der Waals surface area contributed by atoms with E-state index >= 15 is 0 Å². The zero-order valence-corrected chi connectivity index (χ0v) is 14.4. The van der Waals surface area contributed by atoms with E-state index in [1.807, 2.05) is 20.8 Å². The summed E-state index contributed by atoms with van der Waals surface area (Å²) in [6.45, 7) is 6.98. The van der Waals surface area contributed by atoms with Gasteiger partial charge in [0.25, 0.3) is 0 Å². The Morgan fingerprint density at radius 1 is 1.05 bits per heavy atom. The standard InChI is InChI=1S/C16H19BrO5/c1-13(2,3)22-21-12(18)14-6-9-7(14)11-8(14)10(6)15(9,17)16(11)19-4-5-20-16/h6-11H,4-5H2,1-3H3/t6?,7-,8-,9-,10+,11?,14?,15?/m0/s1. The van der Waals surface area contributed by atoms with Crippen LogP contribution < -0.4 is 0 Å². The lowest BCUT2D eigenvalue weighted by Gasteiger charge is -2.89. The van der Waals surface area contributed by atoms with Crippen LogP contribution in [0.2, 0.25) is 0 Å². The second kappa shape index (κ2) is 3.17. The molecule has 0 aromatic heterocycles. The average molecular weight is 371 g/mol. The van der Waals surface area contributed by atoms with Crippen molar-refractivity contribution in [3.8, 4) is 0 Å². The molecule has 0 aromatic rings. The largest absolute Gasteiger partial charge is 0.349 e. The predicted octanol–water partition coefficient (Wildman–Crippen LogP) is 1.89. The molecule has 2 bridgehead atoms. The third-order valence-corrected chi connectivity index (χ3v) is 8.97. The molecule has 1 aliphatic heterocycles. The molecular weight excluding hydrogens is 352 g/mol. The summed E-state index contributed by atoms with van der Waals surface area (Å²) in [7, 11) is 0. The van der Waals surface area contributed by atoms with E-state index in [9.17, 15) is 4.79 Å². The minimum atomic E-state index is -0.473. The van der Waals surface area contributed by atoms with Gasteiger partial charge < -0.3 is 9.47 Å². The van der Waals surface area contributed by atoms with E-state index in [2.05, 4.69) is 15.9 Å². The lowest BCUT2D eigenvalue weighted by Crippen LogP contribution is -2.94. The van der Waals surface area contributed by atoms with Crippen LogP contribution in [0.15, 0.2) is 0 Å². The first-order chi connectivity index (χ1) is 10.3. The second-order valence-corrected chi connectivity index (χ2v) is 10.1. The van der Waals surface area contributed by atoms with Gasteiger partial charge in [0.15, 0.2) is 5.79 Å². The number of ether oxygens (including phenoxy) is 2. The van der Waals surface area contributed by atoms with Crippen LogP contribution in [-0.4, -0.2) is 34.9 Å². The van der Waals surface area contributed by atoms with Crippen molar-refractivity contribution in [3.05, 3.63) is 0 Å². The molecule has 6 saturated carbocycles. The zero-order valence-electron chi connectivity index (χ0n) is 12.8. The lowest BCUT2D eigenvalue weighted by atomic mass is 9.13. The molecular formula is C16H19BrO5.